The van der Waals surface area contributed by atoms with Gasteiger partial charge >= 0.3 is 0 Å². The van der Waals surface area contributed by atoms with Gasteiger partial charge in [0.1, 0.15) is 0 Å². The maximum absolute atomic E-state index is 8.72. The zero-order chi connectivity index (χ0) is 12.8. The molecule has 0 fully saturated rings. The number of hydrogen-bond donors (Lipinski definition) is 1. The first-order chi connectivity index (χ1) is 8.79. The molecule has 2 rings (SSSR count). The third-order valence-electron chi connectivity index (χ3n) is 2.83. The normalized spacial score (nSPS) is 11.8. The first-order valence-corrected chi connectivity index (χ1v) is 5.93. The summed E-state index contributed by atoms with van der Waals surface area (Å²) in [6.07, 6.45) is 1.80. The fourth-order valence-corrected chi connectivity index (χ4v) is 1.70. The smallest absolute Gasteiger partial charge is 0.0991 e. The quantitative estimate of drug-likeness (QED) is 0.889. The number of nitriles is 1. The third-order valence-corrected chi connectivity index (χ3v) is 2.83. The fourth-order valence-electron chi connectivity index (χ4n) is 1.70. The lowest BCUT2D eigenvalue weighted by Crippen LogP contribution is -2.18. The molecule has 1 N–H and O–H groups in total. The standard InChI is InChI=1S/C15H15N3/c1-12(15-4-2-3-9-17-15)18-11-14-7-5-13(10-16)6-8-14/h2-9,12,18H,11H2,1H3/t12-/m0/s1. The zero-order valence-electron chi connectivity index (χ0n) is 10.3. The SMILES string of the molecule is C[C@H](NCc1ccc(C#N)cc1)c1ccccn1. The molecule has 18 heavy (non-hydrogen) atoms. The molecule has 0 bridgehead atoms. The van der Waals surface area contributed by atoms with Gasteiger partial charge in [0.05, 0.1) is 17.3 Å². The molecule has 0 saturated heterocycles. The van der Waals surface area contributed by atoms with E-state index in [1.54, 1.807) is 6.20 Å². The lowest BCUT2D eigenvalue weighted by atomic mass is 10.1. The highest BCUT2D eigenvalue weighted by molar-refractivity contribution is 5.31. The van der Waals surface area contributed by atoms with Gasteiger partial charge in [-0.3, -0.25) is 4.98 Å². The summed E-state index contributed by atoms with van der Waals surface area (Å²) >= 11 is 0. The van der Waals surface area contributed by atoms with Gasteiger partial charge in [0.25, 0.3) is 0 Å². The average Bonchev–Trinajstić information content (AvgIpc) is 2.46. The molecule has 1 aromatic heterocycles. The molecule has 1 heterocycles. The number of hydrogen-bond acceptors (Lipinski definition) is 3. The Morgan fingerprint density at radius 2 is 2.00 bits per heavy atom. The van der Waals surface area contributed by atoms with Crippen molar-refractivity contribution in [3.05, 3.63) is 65.5 Å². The second-order valence-electron chi connectivity index (χ2n) is 4.17. The summed E-state index contributed by atoms with van der Waals surface area (Å²) in [5, 5.41) is 12.1. The van der Waals surface area contributed by atoms with E-state index >= 15 is 0 Å². The summed E-state index contributed by atoms with van der Waals surface area (Å²) in [5.74, 6) is 0. The Hall–Kier alpha value is -2.18. The van der Waals surface area contributed by atoms with E-state index in [1.807, 2.05) is 42.5 Å². The van der Waals surface area contributed by atoms with Gasteiger partial charge in [-0.15, -0.1) is 0 Å². The Morgan fingerprint density at radius 3 is 2.61 bits per heavy atom. The first kappa shape index (κ1) is 12.3. The van der Waals surface area contributed by atoms with E-state index in [0.29, 0.717) is 5.56 Å². The van der Waals surface area contributed by atoms with E-state index in [1.165, 1.54) is 0 Å². The number of benzene rings is 1. The highest BCUT2D eigenvalue weighted by atomic mass is 14.9. The van der Waals surface area contributed by atoms with Gasteiger partial charge in [-0.2, -0.15) is 5.26 Å². The molecule has 0 aliphatic carbocycles. The second-order valence-corrected chi connectivity index (χ2v) is 4.17. The molecule has 0 aliphatic heterocycles. The molecule has 3 nitrogen and oxygen atoms in total. The molecule has 3 heteroatoms. The fraction of sp³-hybridized carbons (Fsp3) is 0.200. The van der Waals surface area contributed by atoms with Crippen molar-refractivity contribution in [3.8, 4) is 6.07 Å². The highest BCUT2D eigenvalue weighted by Crippen LogP contribution is 2.10. The van der Waals surface area contributed by atoms with Gasteiger partial charge in [-0.1, -0.05) is 18.2 Å². The van der Waals surface area contributed by atoms with Crippen molar-refractivity contribution in [2.45, 2.75) is 19.5 Å². The number of nitrogens with zero attached hydrogens (tertiary/aromatic N) is 2. The van der Waals surface area contributed by atoms with Crippen LogP contribution in [0, 0.1) is 11.3 Å². The minimum absolute atomic E-state index is 0.210. The lowest BCUT2D eigenvalue weighted by Gasteiger charge is -2.13. The average molecular weight is 237 g/mol. The van der Waals surface area contributed by atoms with Crippen LogP contribution in [-0.4, -0.2) is 4.98 Å². The van der Waals surface area contributed by atoms with Crippen LogP contribution in [0.3, 0.4) is 0 Å². The van der Waals surface area contributed by atoms with Crippen molar-refractivity contribution in [1.82, 2.24) is 10.3 Å². The summed E-state index contributed by atoms with van der Waals surface area (Å²) in [7, 11) is 0. The van der Waals surface area contributed by atoms with Crippen LogP contribution in [0.1, 0.15) is 29.8 Å². The molecule has 90 valence electrons. The summed E-state index contributed by atoms with van der Waals surface area (Å²) in [6, 6.07) is 15.8. The Balaban J connectivity index is 1.93. The van der Waals surface area contributed by atoms with Crippen LogP contribution in [0.4, 0.5) is 0 Å². The zero-order valence-corrected chi connectivity index (χ0v) is 10.3. The number of aromatic nitrogens is 1. The largest absolute Gasteiger partial charge is 0.305 e. The summed E-state index contributed by atoms with van der Waals surface area (Å²) in [4.78, 5) is 4.31. The van der Waals surface area contributed by atoms with E-state index in [9.17, 15) is 0 Å². The highest BCUT2D eigenvalue weighted by Gasteiger charge is 2.04. The molecule has 0 unspecified atom stereocenters. The molecular weight excluding hydrogens is 222 g/mol. The van der Waals surface area contributed by atoms with Crippen molar-refractivity contribution in [2.75, 3.05) is 0 Å². The van der Waals surface area contributed by atoms with Crippen molar-refractivity contribution < 1.29 is 0 Å². The second kappa shape index (κ2) is 5.95. The number of nitrogens with one attached hydrogen (secondary N) is 1. The van der Waals surface area contributed by atoms with E-state index in [2.05, 4.69) is 23.3 Å². The van der Waals surface area contributed by atoms with Gasteiger partial charge in [0, 0.05) is 18.8 Å². The maximum Gasteiger partial charge on any atom is 0.0991 e. The molecular formula is C15H15N3. The Labute approximate surface area is 107 Å². The van der Waals surface area contributed by atoms with Crippen LogP contribution in [0.25, 0.3) is 0 Å². The van der Waals surface area contributed by atoms with Crippen molar-refractivity contribution in [3.63, 3.8) is 0 Å². The summed E-state index contributed by atoms with van der Waals surface area (Å²) < 4.78 is 0. The molecule has 1 atom stereocenters. The molecule has 0 radical (unpaired) electrons. The molecule has 1 aromatic carbocycles. The Bertz CT molecular complexity index is 526. The number of rotatable bonds is 4. The van der Waals surface area contributed by atoms with Crippen LogP contribution in [0.5, 0.6) is 0 Å². The molecule has 0 amide bonds. The Kier molecular flexibility index (Phi) is 4.06. The third kappa shape index (κ3) is 3.16. The van der Waals surface area contributed by atoms with Gasteiger partial charge in [0.15, 0.2) is 0 Å². The Morgan fingerprint density at radius 1 is 1.22 bits per heavy atom. The van der Waals surface area contributed by atoms with Crippen LogP contribution in [-0.2, 0) is 6.54 Å². The van der Waals surface area contributed by atoms with E-state index < -0.39 is 0 Å². The van der Waals surface area contributed by atoms with Crippen molar-refractivity contribution >= 4 is 0 Å². The van der Waals surface area contributed by atoms with E-state index in [-0.39, 0.29) is 6.04 Å². The topological polar surface area (TPSA) is 48.7 Å². The molecule has 0 aliphatic rings. The van der Waals surface area contributed by atoms with E-state index in [0.717, 1.165) is 17.8 Å². The minimum Gasteiger partial charge on any atom is -0.305 e. The molecule has 2 aromatic rings. The van der Waals surface area contributed by atoms with Gasteiger partial charge < -0.3 is 5.32 Å². The predicted octanol–water partition coefficient (Wildman–Crippen LogP) is 2.80. The summed E-state index contributed by atoms with van der Waals surface area (Å²) in [6.45, 7) is 2.86. The molecule has 0 spiro atoms. The maximum atomic E-state index is 8.72. The van der Waals surface area contributed by atoms with Crippen LogP contribution in [0.2, 0.25) is 0 Å². The monoisotopic (exact) mass is 237 g/mol. The van der Waals surface area contributed by atoms with Crippen molar-refractivity contribution in [2.24, 2.45) is 0 Å². The molecule has 0 saturated carbocycles. The van der Waals surface area contributed by atoms with Crippen LogP contribution < -0.4 is 5.32 Å². The van der Waals surface area contributed by atoms with E-state index in [4.69, 9.17) is 5.26 Å². The van der Waals surface area contributed by atoms with Gasteiger partial charge in [-0.25, -0.2) is 0 Å². The minimum atomic E-state index is 0.210. The lowest BCUT2D eigenvalue weighted by molar-refractivity contribution is 0.561. The first-order valence-electron chi connectivity index (χ1n) is 5.93. The van der Waals surface area contributed by atoms with Gasteiger partial charge in [0.2, 0.25) is 0 Å². The van der Waals surface area contributed by atoms with Crippen molar-refractivity contribution in [1.29, 1.82) is 5.26 Å². The number of pyridine rings is 1. The van der Waals surface area contributed by atoms with Crippen LogP contribution >= 0.6 is 0 Å². The summed E-state index contributed by atoms with van der Waals surface area (Å²) in [5.41, 5.74) is 2.89. The van der Waals surface area contributed by atoms with Crippen LogP contribution in [0.15, 0.2) is 48.7 Å². The van der Waals surface area contributed by atoms with Gasteiger partial charge in [-0.05, 0) is 36.8 Å². The predicted molar refractivity (Wildman–Crippen MR) is 70.6 cm³/mol.